The van der Waals surface area contributed by atoms with Gasteiger partial charge >= 0.3 is 0 Å². The van der Waals surface area contributed by atoms with Crippen LogP contribution in [0.5, 0.6) is 0 Å². The van der Waals surface area contributed by atoms with Gasteiger partial charge in [0.1, 0.15) is 0 Å². The van der Waals surface area contributed by atoms with Crippen molar-refractivity contribution in [2.75, 3.05) is 0 Å². The van der Waals surface area contributed by atoms with E-state index in [1.54, 1.807) is 51.4 Å². The molecule has 0 saturated heterocycles. The topological polar surface area (TPSA) is 6.48 Å². The first-order valence-corrected chi connectivity index (χ1v) is 53.1. The van der Waals surface area contributed by atoms with Crippen LogP contribution >= 0.6 is 0 Å². The fourth-order valence-corrected chi connectivity index (χ4v) is 33.1. The van der Waals surface area contributed by atoms with E-state index in [0.717, 1.165) is 202 Å². The van der Waals surface area contributed by atoms with Crippen molar-refractivity contribution in [2.45, 2.75) is 477 Å². The molecule has 0 heterocycles. The Labute approximate surface area is 694 Å². The summed E-state index contributed by atoms with van der Waals surface area (Å²) in [5.41, 5.74) is 8.14. The lowest BCUT2D eigenvalue weighted by molar-refractivity contribution is -0.174. The third kappa shape index (κ3) is 19.8. The van der Waals surface area contributed by atoms with Crippen LogP contribution in [-0.4, -0.2) is 46.1 Å². The fourth-order valence-electron chi connectivity index (χ4n) is 33.1. The van der Waals surface area contributed by atoms with Gasteiger partial charge < -0.3 is 0 Å². The molecule has 0 bridgehead atoms. The zero-order valence-electron chi connectivity index (χ0n) is 75.3. The average Bonchev–Trinajstić information content (AvgIpc) is 0.709. The Morgan fingerprint density at radius 3 is 0.482 bits per heavy atom. The second kappa shape index (κ2) is 38.9. The fraction of sp³-hybridized carbons (Fsp3) is 0.927. The van der Waals surface area contributed by atoms with E-state index in [2.05, 4.69) is 89.5 Å². The minimum atomic E-state index is 0.803. The van der Waals surface area contributed by atoms with Crippen molar-refractivity contribution < 1.29 is 0 Å². The van der Waals surface area contributed by atoms with Gasteiger partial charge in [0.15, 0.2) is 0 Å². The summed E-state index contributed by atoms with van der Waals surface area (Å²) in [6.45, 7) is 20.7. The van der Waals surface area contributed by atoms with Gasteiger partial charge in [-0.05, 0) is 397 Å². The molecule has 0 aromatic heterocycles. The van der Waals surface area contributed by atoms with Crippen LogP contribution in [0.2, 0.25) is 0 Å². The second-order valence-corrected chi connectivity index (χ2v) is 47.7. The van der Waals surface area contributed by atoms with Gasteiger partial charge in [-0.1, -0.05) is 256 Å². The van der Waals surface area contributed by atoms with Crippen LogP contribution in [0.25, 0.3) is 0 Å². The van der Waals surface area contributed by atoms with Crippen molar-refractivity contribution in [1.29, 1.82) is 0 Å². The Hall–Kier alpha value is -1.12. The van der Waals surface area contributed by atoms with Crippen LogP contribution in [0.4, 0.5) is 0 Å². The average molecular weight is 1530 g/mol. The van der Waals surface area contributed by atoms with E-state index in [-0.39, 0.29) is 0 Å². The second-order valence-electron chi connectivity index (χ2n) is 47.7. The smallest absolute Gasteiger partial charge is 0.0164 e. The van der Waals surface area contributed by atoms with Crippen LogP contribution in [0.1, 0.15) is 441 Å². The largest absolute Gasteiger partial charge is 0.294 e. The first kappa shape index (κ1) is 83.2. The first-order chi connectivity index (χ1) is 54.7. The van der Waals surface area contributed by atoms with Crippen molar-refractivity contribution >= 4 is 0 Å². The lowest BCUT2D eigenvalue weighted by atomic mass is 9.47. The normalized spacial score (nSPS) is 47.3. The molecule has 8 unspecified atom stereocenters. The van der Waals surface area contributed by atoms with Crippen LogP contribution in [-0.2, 0) is 0 Å². The highest BCUT2D eigenvalue weighted by Gasteiger charge is 2.62. The predicted molar refractivity (Wildman–Crippen MR) is 479 cm³/mol. The molecular formula is C110H182N2. The summed E-state index contributed by atoms with van der Waals surface area (Å²) in [5.74, 6) is 25.6. The van der Waals surface area contributed by atoms with Gasteiger partial charge in [0.25, 0.3) is 0 Å². The molecule has 17 rings (SSSR count). The van der Waals surface area contributed by atoms with Gasteiger partial charge in [-0.2, -0.15) is 0 Å². The van der Waals surface area contributed by atoms with E-state index in [1.165, 1.54) is 334 Å². The maximum absolute atomic E-state index is 3.77. The van der Waals surface area contributed by atoms with E-state index < -0.39 is 0 Å². The van der Waals surface area contributed by atoms with E-state index in [1.807, 2.05) is 22.3 Å². The van der Waals surface area contributed by atoms with Gasteiger partial charge in [-0.25, -0.2) is 0 Å². The summed E-state index contributed by atoms with van der Waals surface area (Å²) in [7, 11) is 0. The first-order valence-electron chi connectivity index (χ1n) is 53.1. The Kier molecular flexibility index (Phi) is 28.9. The highest BCUT2D eigenvalue weighted by atomic mass is 15.3. The predicted octanol–water partition coefficient (Wildman–Crippen LogP) is 31.6. The maximum Gasteiger partial charge on any atom is 0.0164 e. The molecule has 0 aliphatic heterocycles. The molecule has 17 fully saturated rings. The van der Waals surface area contributed by atoms with Gasteiger partial charge in [-0.15, -0.1) is 0 Å². The van der Waals surface area contributed by atoms with Crippen molar-refractivity contribution in [3.63, 3.8) is 0 Å². The summed E-state index contributed by atoms with van der Waals surface area (Å²) in [4.78, 5) is 7.54. The maximum atomic E-state index is 3.77. The number of hydrogen-bond donors (Lipinski definition) is 0. The molecule has 2 heteroatoms. The number of nitrogens with zero attached hydrogens (tertiary/aromatic N) is 2. The molecule has 2 nitrogen and oxygen atoms in total. The van der Waals surface area contributed by atoms with Gasteiger partial charge in [0.05, 0.1) is 0 Å². The summed E-state index contributed by atoms with van der Waals surface area (Å²) in [5, 5.41) is 0. The molecule has 0 amide bonds. The van der Waals surface area contributed by atoms with Crippen LogP contribution in [0.3, 0.4) is 0 Å². The number of fused-ring (bicyclic) bond motifs is 4. The summed E-state index contributed by atoms with van der Waals surface area (Å²) in [6.07, 6.45) is 103. The molecule has 17 saturated carbocycles. The van der Waals surface area contributed by atoms with E-state index in [4.69, 9.17) is 0 Å². The van der Waals surface area contributed by atoms with Gasteiger partial charge in [0.2, 0.25) is 0 Å². The molecule has 0 radical (unpaired) electrons. The Morgan fingerprint density at radius 1 is 0.179 bits per heavy atom. The van der Waals surface area contributed by atoms with E-state index in [9.17, 15) is 0 Å². The number of allylic oxidation sites excluding steroid dienone is 8. The standard InChI is InChI=1S/C110H182N2/c1-73-17-41-85(42-18-73)101(86-43-19-74(2)20-44-86)65-81-33-57-97(58-34-81)111(98-59-35-82(36-60-98)66-102(87-45-21-75(3)22-46-87)88-47-23-76(4)24-48-88)109-105-69-93-13-9-11-15-95(93)71-107(105)110(108-72-96-16-12-10-14-94(96)70-106(108)109)112(99-61-37-83(38-62-99)67-103(89-49-25-77(5)26-50-89)90-51-27-78(6)28-52-90)100-63-39-84(40-64-100)68-104(91-53-29-79(7)30-54-91)92-55-31-80(8)32-56-92/h65-68,73-100,105-110H,9-64,69-72H2,1-8H3. The minimum Gasteiger partial charge on any atom is -0.294 e. The lowest BCUT2D eigenvalue weighted by Crippen LogP contribution is -2.70. The Balaban J connectivity index is 0.729. The summed E-state index contributed by atoms with van der Waals surface area (Å²) in [6, 6.07) is 4.87. The number of hydrogen-bond acceptors (Lipinski definition) is 2. The monoisotopic (exact) mass is 1530 g/mol. The zero-order valence-corrected chi connectivity index (χ0v) is 75.3. The van der Waals surface area contributed by atoms with E-state index >= 15 is 0 Å². The highest BCUT2D eigenvalue weighted by molar-refractivity contribution is 5.22. The summed E-state index contributed by atoms with van der Waals surface area (Å²) >= 11 is 0. The lowest BCUT2D eigenvalue weighted by Gasteiger charge is -2.67. The van der Waals surface area contributed by atoms with Crippen LogP contribution < -0.4 is 0 Å². The van der Waals surface area contributed by atoms with Crippen molar-refractivity contribution in [3.05, 3.63) is 46.6 Å². The molecule has 8 atom stereocenters. The molecular weight excluding hydrogens is 1350 g/mol. The molecule has 0 aromatic rings. The quantitative estimate of drug-likeness (QED) is 0.126. The molecule has 632 valence electrons. The third-order valence-electron chi connectivity index (χ3n) is 40.2. The van der Waals surface area contributed by atoms with Gasteiger partial charge in [-0.3, -0.25) is 9.80 Å². The Bertz CT molecular complexity index is 2460. The SMILES string of the molecule is CC1CCC(C(=CC2CCC(N(C3CCC(C=C(C4CCC(C)CC4)C4CCC(C)CC4)CC3)C3C4CC5CCCCC5CC4C(N(C4CCC(C=C(C5CCC(C)CC5)C5CCC(C)CC5)CC4)C4CCC(C=C(C5CCC(C)CC5)C5CCC(C)CC5)CC4)C4CC5CCCCC5CC43)CC2)C2CCC(C)CC2)CC1. The molecule has 17 aliphatic rings. The van der Waals surface area contributed by atoms with Crippen molar-refractivity contribution in [2.24, 2.45) is 166 Å². The molecule has 112 heavy (non-hydrogen) atoms. The van der Waals surface area contributed by atoms with Crippen LogP contribution in [0, 0.1) is 166 Å². The molecule has 0 N–H and O–H groups in total. The Morgan fingerprint density at radius 2 is 0.330 bits per heavy atom. The summed E-state index contributed by atoms with van der Waals surface area (Å²) < 4.78 is 0. The van der Waals surface area contributed by atoms with E-state index in [0.29, 0.717) is 0 Å². The third-order valence-corrected chi connectivity index (χ3v) is 40.2. The highest BCUT2D eigenvalue weighted by Crippen LogP contribution is 2.64. The molecule has 0 spiro atoms. The van der Waals surface area contributed by atoms with Gasteiger partial charge in [0, 0.05) is 36.3 Å². The molecule has 17 aliphatic carbocycles. The molecule has 0 aromatic carbocycles. The van der Waals surface area contributed by atoms with Crippen molar-refractivity contribution in [3.8, 4) is 0 Å². The van der Waals surface area contributed by atoms with Crippen LogP contribution in [0.15, 0.2) is 46.6 Å². The number of rotatable bonds is 18. The van der Waals surface area contributed by atoms with Crippen molar-refractivity contribution in [1.82, 2.24) is 9.80 Å². The minimum absolute atomic E-state index is 0.803. The zero-order chi connectivity index (χ0) is 76.3.